The third kappa shape index (κ3) is 5.47. The first-order valence-corrected chi connectivity index (χ1v) is 10.5. The van der Waals surface area contributed by atoms with Crippen molar-refractivity contribution in [2.45, 2.75) is 13.3 Å². The van der Waals surface area contributed by atoms with Crippen molar-refractivity contribution < 1.29 is 19.0 Å². The molecule has 0 aliphatic heterocycles. The number of carbonyl (C=O) groups is 1. The van der Waals surface area contributed by atoms with Crippen LogP contribution < -0.4 is 14.2 Å². The number of methoxy groups -OCH3 is 2. The molecular formula is C26H25ClO4. The van der Waals surface area contributed by atoms with Crippen LogP contribution in [-0.2, 0) is 4.79 Å². The maximum absolute atomic E-state index is 11.5. The van der Waals surface area contributed by atoms with Gasteiger partial charge in [0.25, 0.3) is 0 Å². The molecular weight excluding hydrogens is 412 g/mol. The van der Waals surface area contributed by atoms with Crippen LogP contribution >= 0.6 is 11.6 Å². The molecule has 0 heterocycles. The Morgan fingerprint density at radius 1 is 0.710 bits per heavy atom. The van der Waals surface area contributed by atoms with Gasteiger partial charge in [-0.3, -0.25) is 4.79 Å². The molecule has 3 aromatic carbocycles. The summed E-state index contributed by atoms with van der Waals surface area (Å²) in [5.74, 6) is 1.42. The highest BCUT2D eigenvalue weighted by Crippen LogP contribution is 2.36. The third-order valence-electron chi connectivity index (χ3n) is 4.96. The van der Waals surface area contributed by atoms with Gasteiger partial charge in [0.2, 0.25) is 0 Å². The summed E-state index contributed by atoms with van der Waals surface area (Å²) in [4.78, 5) is 11.5. The third-order valence-corrected chi connectivity index (χ3v) is 5.17. The van der Waals surface area contributed by atoms with E-state index in [0.29, 0.717) is 5.75 Å². The summed E-state index contributed by atoms with van der Waals surface area (Å²) in [7, 11) is 3.31. The van der Waals surface area contributed by atoms with Gasteiger partial charge in [0.15, 0.2) is 0 Å². The van der Waals surface area contributed by atoms with E-state index < -0.39 is 5.97 Å². The lowest BCUT2D eigenvalue weighted by atomic mass is 9.88. The van der Waals surface area contributed by atoms with Crippen molar-refractivity contribution in [3.63, 3.8) is 0 Å². The second-order valence-corrected chi connectivity index (χ2v) is 7.06. The molecule has 5 heteroatoms. The van der Waals surface area contributed by atoms with Crippen LogP contribution in [0.1, 0.15) is 30.0 Å². The molecule has 0 unspecified atom stereocenters. The zero-order valence-electron chi connectivity index (χ0n) is 17.9. The SMILES string of the molecule is CC/C(=C(\c1ccc(OC)cc1)c1ccc(OC(=O)CCl)cc1)c1ccc(OC)cc1. The molecule has 0 bridgehead atoms. The van der Waals surface area contributed by atoms with Gasteiger partial charge in [-0.05, 0) is 70.7 Å². The largest absolute Gasteiger partial charge is 0.497 e. The molecule has 0 aromatic heterocycles. The minimum absolute atomic E-state index is 0.184. The van der Waals surface area contributed by atoms with Gasteiger partial charge in [-0.25, -0.2) is 0 Å². The smallest absolute Gasteiger partial charge is 0.326 e. The van der Waals surface area contributed by atoms with Crippen LogP contribution in [0, 0.1) is 0 Å². The van der Waals surface area contributed by atoms with Gasteiger partial charge in [0.05, 0.1) is 14.2 Å². The van der Waals surface area contributed by atoms with Crippen molar-refractivity contribution in [1.29, 1.82) is 0 Å². The number of hydrogen-bond donors (Lipinski definition) is 0. The molecule has 31 heavy (non-hydrogen) atoms. The summed E-state index contributed by atoms with van der Waals surface area (Å²) < 4.78 is 15.9. The topological polar surface area (TPSA) is 44.8 Å². The molecule has 0 N–H and O–H groups in total. The van der Waals surface area contributed by atoms with Gasteiger partial charge in [-0.1, -0.05) is 43.3 Å². The predicted octanol–water partition coefficient (Wildman–Crippen LogP) is 6.22. The average Bonchev–Trinajstić information content (AvgIpc) is 2.83. The summed E-state index contributed by atoms with van der Waals surface area (Å²) in [6.07, 6.45) is 0.830. The highest BCUT2D eigenvalue weighted by Gasteiger charge is 2.14. The van der Waals surface area contributed by atoms with E-state index in [-0.39, 0.29) is 5.88 Å². The molecule has 0 aliphatic carbocycles. The molecule has 0 saturated heterocycles. The first kappa shape index (κ1) is 22.4. The van der Waals surface area contributed by atoms with Gasteiger partial charge >= 0.3 is 5.97 Å². The number of esters is 1. The number of benzene rings is 3. The molecule has 3 rings (SSSR count). The maximum atomic E-state index is 11.5. The first-order chi connectivity index (χ1) is 15.1. The van der Waals surface area contributed by atoms with Gasteiger partial charge < -0.3 is 14.2 Å². The number of allylic oxidation sites excluding steroid dienone is 1. The minimum Gasteiger partial charge on any atom is -0.497 e. The van der Waals surface area contributed by atoms with Gasteiger partial charge in [-0.15, -0.1) is 11.6 Å². The van der Waals surface area contributed by atoms with Crippen LogP contribution in [0.4, 0.5) is 0 Å². The number of hydrogen-bond acceptors (Lipinski definition) is 4. The molecule has 160 valence electrons. The lowest BCUT2D eigenvalue weighted by Gasteiger charge is -2.17. The van der Waals surface area contributed by atoms with Crippen LogP contribution in [0.5, 0.6) is 17.2 Å². The van der Waals surface area contributed by atoms with E-state index in [1.807, 2.05) is 36.4 Å². The van der Waals surface area contributed by atoms with E-state index in [2.05, 4.69) is 31.2 Å². The van der Waals surface area contributed by atoms with Crippen LogP contribution in [-0.4, -0.2) is 26.1 Å². The normalized spacial score (nSPS) is 11.5. The molecule has 0 saturated carbocycles. The molecule has 0 amide bonds. The number of halogens is 1. The Morgan fingerprint density at radius 3 is 1.52 bits per heavy atom. The van der Waals surface area contributed by atoms with Crippen molar-refractivity contribution in [3.05, 3.63) is 89.5 Å². The van der Waals surface area contributed by atoms with E-state index >= 15 is 0 Å². The lowest BCUT2D eigenvalue weighted by molar-refractivity contribution is -0.131. The Bertz CT molecular complexity index is 1040. The van der Waals surface area contributed by atoms with Crippen LogP contribution in [0.15, 0.2) is 72.8 Å². The maximum Gasteiger partial charge on any atom is 0.326 e. The van der Waals surface area contributed by atoms with Crippen LogP contribution in [0.3, 0.4) is 0 Å². The van der Waals surface area contributed by atoms with Crippen LogP contribution in [0.2, 0.25) is 0 Å². The molecule has 4 nitrogen and oxygen atoms in total. The Hall–Kier alpha value is -3.24. The molecule has 0 spiro atoms. The van der Waals surface area contributed by atoms with Gasteiger partial charge in [-0.2, -0.15) is 0 Å². The van der Waals surface area contributed by atoms with Crippen molar-refractivity contribution in [2.24, 2.45) is 0 Å². The number of ether oxygens (including phenoxy) is 3. The molecule has 3 aromatic rings. The quantitative estimate of drug-likeness (QED) is 0.182. The molecule has 0 atom stereocenters. The standard InChI is InChI=1S/C26H25ClO4/c1-4-24(18-5-11-21(29-2)12-6-18)26(19-7-13-22(30-3)14-8-19)20-9-15-23(16-10-20)31-25(28)17-27/h5-16H,4,17H2,1-3H3/b26-24-. The fourth-order valence-electron chi connectivity index (χ4n) is 3.44. The summed E-state index contributed by atoms with van der Waals surface area (Å²) >= 11 is 5.54. The highest BCUT2D eigenvalue weighted by molar-refractivity contribution is 6.26. The van der Waals surface area contributed by atoms with E-state index in [1.165, 1.54) is 5.57 Å². The van der Waals surface area contributed by atoms with Gasteiger partial charge in [0, 0.05) is 0 Å². The Kier molecular flexibility index (Phi) is 7.74. The highest BCUT2D eigenvalue weighted by atomic mass is 35.5. The summed E-state index contributed by atoms with van der Waals surface area (Å²) in [5, 5.41) is 0. The fraction of sp³-hybridized carbons (Fsp3) is 0.192. The van der Waals surface area contributed by atoms with Gasteiger partial charge in [0.1, 0.15) is 23.1 Å². The molecule has 0 fully saturated rings. The number of rotatable bonds is 8. The average molecular weight is 437 g/mol. The Balaban J connectivity index is 2.13. The zero-order chi connectivity index (χ0) is 22.2. The number of carbonyl (C=O) groups excluding carboxylic acids is 1. The Labute approximate surface area is 188 Å². The fourth-order valence-corrected chi connectivity index (χ4v) is 3.49. The minimum atomic E-state index is -0.479. The van der Waals surface area contributed by atoms with Crippen molar-refractivity contribution in [3.8, 4) is 17.2 Å². The van der Waals surface area contributed by atoms with Crippen molar-refractivity contribution in [1.82, 2.24) is 0 Å². The van der Waals surface area contributed by atoms with Crippen molar-refractivity contribution >= 4 is 28.7 Å². The van der Waals surface area contributed by atoms with E-state index in [9.17, 15) is 4.79 Å². The zero-order valence-corrected chi connectivity index (χ0v) is 18.6. The monoisotopic (exact) mass is 436 g/mol. The summed E-state index contributed by atoms with van der Waals surface area (Å²) in [5.41, 5.74) is 5.50. The second-order valence-electron chi connectivity index (χ2n) is 6.80. The molecule has 0 aliphatic rings. The second kappa shape index (κ2) is 10.7. The number of alkyl halides is 1. The molecule has 0 radical (unpaired) electrons. The van der Waals surface area contributed by atoms with E-state index in [1.54, 1.807) is 26.4 Å². The summed E-state index contributed by atoms with van der Waals surface area (Å²) in [6, 6.07) is 23.5. The van der Waals surface area contributed by atoms with E-state index in [4.69, 9.17) is 25.8 Å². The lowest BCUT2D eigenvalue weighted by Crippen LogP contribution is -2.08. The summed E-state index contributed by atoms with van der Waals surface area (Å²) in [6.45, 7) is 2.14. The van der Waals surface area contributed by atoms with Crippen molar-refractivity contribution in [2.75, 3.05) is 20.1 Å². The Morgan fingerprint density at radius 2 is 1.13 bits per heavy atom. The predicted molar refractivity (Wildman–Crippen MR) is 125 cm³/mol. The van der Waals surface area contributed by atoms with Crippen LogP contribution in [0.25, 0.3) is 11.1 Å². The van der Waals surface area contributed by atoms with E-state index in [0.717, 1.165) is 40.2 Å². The first-order valence-electron chi connectivity index (χ1n) is 9.98.